The summed E-state index contributed by atoms with van der Waals surface area (Å²) in [4.78, 5) is 11.5. The van der Waals surface area contributed by atoms with Crippen LogP contribution in [0.5, 0.6) is 0 Å². The smallest absolute Gasteiger partial charge is 0.254 e. The van der Waals surface area contributed by atoms with Gasteiger partial charge in [-0.2, -0.15) is 0 Å². The van der Waals surface area contributed by atoms with E-state index in [1.165, 1.54) is 0 Å². The number of rotatable bonds is 2. The maximum Gasteiger partial charge on any atom is 0.254 e. The molecule has 5 heteroatoms. The van der Waals surface area contributed by atoms with Crippen LogP contribution in [0, 0.1) is 0 Å². The molecule has 76 valence electrons. The number of benzene rings is 1. The van der Waals surface area contributed by atoms with Crippen molar-refractivity contribution in [1.82, 2.24) is 5.32 Å². The predicted molar refractivity (Wildman–Crippen MR) is 58.9 cm³/mol. The second-order valence-corrected chi connectivity index (χ2v) is 3.47. The minimum atomic E-state index is -0.308. The van der Waals surface area contributed by atoms with Crippen molar-refractivity contribution in [3.63, 3.8) is 0 Å². The molecule has 1 amide bonds. The molecule has 3 nitrogen and oxygen atoms in total. The molecule has 0 saturated heterocycles. The van der Waals surface area contributed by atoms with Crippen LogP contribution in [0.3, 0.4) is 0 Å². The van der Waals surface area contributed by atoms with Gasteiger partial charge in [-0.15, -0.1) is 0 Å². The van der Waals surface area contributed by atoms with Gasteiger partial charge in [0.15, 0.2) is 0 Å². The third-order valence-electron chi connectivity index (χ3n) is 1.69. The third kappa shape index (κ3) is 2.11. The lowest BCUT2D eigenvalue weighted by molar-refractivity contribution is 0.0957. The van der Waals surface area contributed by atoms with E-state index in [2.05, 4.69) is 5.32 Å². The molecule has 0 atom stereocenters. The van der Waals surface area contributed by atoms with Gasteiger partial charge in [-0.3, -0.25) is 4.79 Å². The van der Waals surface area contributed by atoms with Crippen molar-refractivity contribution in [3.8, 4) is 0 Å². The fourth-order valence-electron chi connectivity index (χ4n) is 1.05. The van der Waals surface area contributed by atoms with Crippen LogP contribution in [0.15, 0.2) is 12.1 Å². The van der Waals surface area contributed by atoms with Gasteiger partial charge >= 0.3 is 0 Å². The van der Waals surface area contributed by atoms with Crippen molar-refractivity contribution in [2.45, 2.75) is 6.92 Å². The summed E-state index contributed by atoms with van der Waals surface area (Å²) >= 11 is 11.6. The van der Waals surface area contributed by atoms with E-state index in [9.17, 15) is 4.79 Å². The molecule has 0 unspecified atom stereocenters. The zero-order chi connectivity index (χ0) is 10.7. The van der Waals surface area contributed by atoms with E-state index in [1.54, 1.807) is 12.1 Å². The molecule has 1 aromatic rings. The molecule has 14 heavy (non-hydrogen) atoms. The van der Waals surface area contributed by atoms with Crippen LogP contribution < -0.4 is 11.1 Å². The second-order valence-electron chi connectivity index (χ2n) is 2.69. The summed E-state index contributed by atoms with van der Waals surface area (Å²) in [6, 6.07) is 3.11. The predicted octanol–water partition coefficient (Wildman–Crippen LogP) is 2.33. The number of carbonyl (C=O) groups excluding carboxylic acids is 1. The highest BCUT2D eigenvalue weighted by atomic mass is 35.5. The quantitative estimate of drug-likeness (QED) is 0.770. The summed E-state index contributed by atoms with van der Waals surface area (Å²) in [6.07, 6.45) is 0. The van der Waals surface area contributed by atoms with Crippen molar-refractivity contribution in [2.24, 2.45) is 0 Å². The van der Waals surface area contributed by atoms with Gasteiger partial charge in [0.2, 0.25) is 0 Å². The molecule has 1 aromatic carbocycles. The van der Waals surface area contributed by atoms with E-state index in [0.29, 0.717) is 17.3 Å². The maximum atomic E-state index is 11.5. The Morgan fingerprint density at radius 2 is 2.14 bits per heavy atom. The number of nitrogens with two attached hydrogens (primary N) is 1. The molecule has 0 fully saturated rings. The highest BCUT2D eigenvalue weighted by Gasteiger charge is 2.15. The minimum Gasteiger partial charge on any atom is -0.398 e. The monoisotopic (exact) mass is 232 g/mol. The van der Waals surface area contributed by atoms with Gasteiger partial charge in [0.1, 0.15) is 0 Å². The summed E-state index contributed by atoms with van der Waals surface area (Å²) in [6.45, 7) is 2.33. The topological polar surface area (TPSA) is 55.1 Å². The number of hydrogen-bond donors (Lipinski definition) is 2. The zero-order valence-corrected chi connectivity index (χ0v) is 9.12. The fourth-order valence-corrected chi connectivity index (χ4v) is 1.46. The molecule has 0 bridgehead atoms. The lowest BCUT2D eigenvalue weighted by atomic mass is 10.1. The average molecular weight is 233 g/mol. The SMILES string of the molecule is CCNC(=O)c1c(N)ccc(Cl)c1Cl. The fraction of sp³-hybridized carbons (Fsp3) is 0.222. The Morgan fingerprint density at radius 1 is 1.50 bits per heavy atom. The maximum absolute atomic E-state index is 11.5. The summed E-state index contributed by atoms with van der Waals surface area (Å²) in [5.74, 6) is -0.308. The lowest BCUT2D eigenvalue weighted by Crippen LogP contribution is -2.24. The third-order valence-corrected chi connectivity index (χ3v) is 2.50. The molecule has 0 aliphatic rings. The highest BCUT2D eigenvalue weighted by Crippen LogP contribution is 2.29. The summed E-state index contributed by atoms with van der Waals surface area (Å²) < 4.78 is 0. The normalized spacial score (nSPS) is 9.93. The first-order valence-corrected chi connectivity index (χ1v) is 4.85. The molecule has 0 aromatic heterocycles. The van der Waals surface area contributed by atoms with Crippen molar-refractivity contribution in [1.29, 1.82) is 0 Å². The van der Waals surface area contributed by atoms with Crippen LogP contribution >= 0.6 is 23.2 Å². The Balaban J connectivity index is 3.18. The molecule has 0 aliphatic heterocycles. The van der Waals surface area contributed by atoms with Crippen LogP contribution in [0.1, 0.15) is 17.3 Å². The molecule has 0 aliphatic carbocycles. The number of halogens is 2. The van der Waals surface area contributed by atoms with Crippen molar-refractivity contribution in [3.05, 3.63) is 27.7 Å². The van der Waals surface area contributed by atoms with E-state index in [0.717, 1.165) is 0 Å². The molecule has 0 heterocycles. The summed E-state index contributed by atoms with van der Waals surface area (Å²) in [5, 5.41) is 3.12. The molecule has 0 saturated carbocycles. The minimum absolute atomic E-state index is 0.192. The van der Waals surface area contributed by atoms with Gasteiger partial charge in [0, 0.05) is 12.2 Å². The Bertz CT molecular complexity index is 366. The van der Waals surface area contributed by atoms with Crippen LogP contribution in [-0.4, -0.2) is 12.5 Å². The number of hydrogen-bond acceptors (Lipinski definition) is 2. The van der Waals surface area contributed by atoms with E-state index >= 15 is 0 Å². The summed E-state index contributed by atoms with van der Waals surface area (Å²) in [5.41, 5.74) is 6.18. The van der Waals surface area contributed by atoms with Crippen molar-refractivity contribution < 1.29 is 4.79 Å². The van der Waals surface area contributed by atoms with Gasteiger partial charge < -0.3 is 11.1 Å². The van der Waals surface area contributed by atoms with E-state index in [4.69, 9.17) is 28.9 Å². The lowest BCUT2D eigenvalue weighted by Gasteiger charge is -2.08. The number of anilines is 1. The summed E-state index contributed by atoms with van der Waals surface area (Å²) in [7, 11) is 0. The molecule has 0 radical (unpaired) electrons. The standard InChI is InChI=1S/C9H10Cl2N2O/c1-2-13-9(14)7-6(12)4-3-5(10)8(7)11/h3-4H,2,12H2,1H3,(H,13,14). The number of amides is 1. The van der Waals surface area contributed by atoms with E-state index in [1.807, 2.05) is 6.92 Å². The first-order valence-electron chi connectivity index (χ1n) is 4.09. The van der Waals surface area contributed by atoms with Crippen molar-refractivity contribution >= 4 is 34.8 Å². The first kappa shape index (κ1) is 11.1. The largest absolute Gasteiger partial charge is 0.398 e. The molecular weight excluding hydrogens is 223 g/mol. The van der Waals surface area contributed by atoms with Crippen LogP contribution in [0.4, 0.5) is 5.69 Å². The highest BCUT2D eigenvalue weighted by molar-refractivity contribution is 6.44. The van der Waals surface area contributed by atoms with Gasteiger partial charge in [-0.25, -0.2) is 0 Å². The molecule has 3 N–H and O–H groups in total. The molecule has 0 spiro atoms. The molecule has 1 rings (SSSR count). The first-order chi connectivity index (χ1) is 6.57. The van der Waals surface area contributed by atoms with Crippen LogP contribution in [-0.2, 0) is 0 Å². The average Bonchev–Trinajstić information content (AvgIpc) is 2.13. The van der Waals surface area contributed by atoms with E-state index < -0.39 is 0 Å². The Labute approximate surface area is 92.2 Å². The second kappa shape index (κ2) is 4.53. The Morgan fingerprint density at radius 3 is 2.71 bits per heavy atom. The van der Waals surface area contributed by atoms with Crippen molar-refractivity contribution in [2.75, 3.05) is 12.3 Å². The number of nitrogens with one attached hydrogen (secondary N) is 1. The zero-order valence-electron chi connectivity index (χ0n) is 7.60. The number of nitrogen functional groups attached to an aromatic ring is 1. The number of carbonyl (C=O) groups is 1. The van der Waals surface area contributed by atoms with Gasteiger partial charge in [-0.1, -0.05) is 23.2 Å². The van der Waals surface area contributed by atoms with Gasteiger partial charge in [0.05, 0.1) is 15.6 Å². The van der Waals surface area contributed by atoms with Crippen LogP contribution in [0.2, 0.25) is 10.0 Å². The molecular formula is C9H10Cl2N2O. The van der Waals surface area contributed by atoms with E-state index in [-0.39, 0.29) is 16.5 Å². The van der Waals surface area contributed by atoms with Gasteiger partial charge in [-0.05, 0) is 19.1 Å². The Hall–Kier alpha value is -0.930. The van der Waals surface area contributed by atoms with Crippen LogP contribution in [0.25, 0.3) is 0 Å². The van der Waals surface area contributed by atoms with Gasteiger partial charge in [0.25, 0.3) is 5.91 Å². The Kier molecular flexibility index (Phi) is 3.61.